The van der Waals surface area contributed by atoms with Crippen LogP contribution in [0.4, 0.5) is 4.79 Å². The number of amides is 3. The highest BCUT2D eigenvalue weighted by Crippen LogP contribution is 2.53. The van der Waals surface area contributed by atoms with Crippen molar-refractivity contribution in [2.45, 2.75) is 123 Å². The van der Waals surface area contributed by atoms with Crippen molar-refractivity contribution in [2.24, 2.45) is 28.2 Å². The predicted octanol–water partition coefficient (Wildman–Crippen LogP) is 9.61. The largest absolute Gasteiger partial charge is 0.469 e. The Morgan fingerprint density at radius 2 is 1.40 bits per heavy atom. The smallest absolute Gasteiger partial charge is 0.407 e. The van der Waals surface area contributed by atoms with Crippen molar-refractivity contribution in [3.8, 4) is 22.3 Å². The Kier molecular flexibility index (Phi) is 12.5. The van der Waals surface area contributed by atoms with Gasteiger partial charge in [0.05, 0.1) is 49.7 Å². The number of H-pyrrole nitrogens is 1. The molecule has 342 valence electrons. The summed E-state index contributed by atoms with van der Waals surface area (Å²) in [5, 5.41) is 2.75. The highest BCUT2D eigenvalue weighted by atomic mass is 16.5. The van der Waals surface area contributed by atoms with Gasteiger partial charge in [-0.05, 0) is 125 Å². The number of ether oxygens (including phenoxy) is 2. The third kappa shape index (κ3) is 8.61. The topological polar surface area (TPSA) is 146 Å². The molecule has 3 aliphatic heterocycles. The zero-order valence-electron chi connectivity index (χ0n) is 38.9. The minimum absolute atomic E-state index is 0.0242. The number of hydrogen-bond acceptors (Lipinski definition) is 8. The van der Waals surface area contributed by atoms with E-state index in [4.69, 9.17) is 19.5 Å². The monoisotopic (exact) mass is 880 g/mol. The third-order valence-electron chi connectivity index (χ3n) is 15.2. The van der Waals surface area contributed by atoms with Gasteiger partial charge in [0.2, 0.25) is 11.8 Å². The number of imidazole rings is 1. The van der Waals surface area contributed by atoms with E-state index in [2.05, 4.69) is 64.9 Å². The van der Waals surface area contributed by atoms with E-state index in [1.54, 1.807) is 0 Å². The number of methoxy groups -OCH3 is 2. The summed E-state index contributed by atoms with van der Waals surface area (Å²) in [6.45, 7) is 9.14. The van der Waals surface area contributed by atoms with E-state index in [0.29, 0.717) is 24.9 Å². The fourth-order valence-corrected chi connectivity index (χ4v) is 11.6. The lowest BCUT2D eigenvalue weighted by molar-refractivity contribution is -0.148. The lowest BCUT2D eigenvalue weighted by Crippen LogP contribution is -2.51. The number of fused-ring (bicyclic) bond motifs is 2. The van der Waals surface area contributed by atoms with Gasteiger partial charge in [-0.25, -0.2) is 9.78 Å². The van der Waals surface area contributed by atoms with Gasteiger partial charge in [-0.2, -0.15) is 0 Å². The van der Waals surface area contributed by atoms with Gasteiger partial charge in [0.15, 0.2) is 0 Å². The van der Waals surface area contributed by atoms with E-state index in [1.807, 2.05) is 43.7 Å². The molecule has 1 spiro atoms. The van der Waals surface area contributed by atoms with Crippen molar-refractivity contribution in [1.29, 1.82) is 0 Å². The Hall–Kier alpha value is -5.78. The number of carbonyl (C=O) groups excluding carboxylic acids is 4. The number of aromatic nitrogens is 2. The molecular formula is C53H64N6O6. The number of aromatic amines is 1. The molecule has 65 heavy (non-hydrogen) atoms. The number of hydrogen-bond donors (Lipinski definition) is 2. The summed E-state index contributed by atoms with van der Waals surface area (Å²) in [7, 11) is 2.69. The van der Waals surface area contributed by atoms with Gasteiger partial charge in [0.25, 0.3) is 0 Å². The standard InChI is InChI=1S/C53H64N6O6/c1-31(2)39(27-47(60)64-5)50(61)58-23-9-11-45(58)44-26-36(30-54-44)33-13-15-34(16-14-33)37-18-19-38(41-29-53(28-40(37)41)21-7-8-22-53)35-17-20-42-43(25-35)56-49(55-42)46-12-10-24-59(46)51(62)48(32(3)4)57-52(63)65-6/h13-20,25,30-32,39,45-46,48H,7-12,21-24,26-29H2,1-6H3,(H,55,56)(H,57,63)/t39-,45-,46-,48-/m0/s1. The van der Waals surface area contributed by atoms with Crippen LogP contribution in [0.2, 0.25) is 0 Å². The van der Waals surface area contributed by atoms with Crippen molar-refractivity contribution in [1.82, 2.24) is 25.1 Å². The number of benzene rings is 3. The van der Waals surface area contributed by atoms with Crippen LogP contribution in [-0.4, -0.2) is 88.7 Å². The maximum absolute atomic E-state index is 13.8. The lowest BCUT2D eigenvalue weighted by atomic mass is 9.82. The molecule has 5 aliphatic rings. The molecule has 1 saturated carbocycles. The maximum Gasteiger partial charge on any atom is 0.407 e. The van der Waals surface area contributed by atoms with Gasteiger partial charge in [-0.15, -0.1) is 0 Å². The minimum Gasteiger partial charge on any atom is -0.469 e. The summed E-state index contributed by atoms with van der Waals surface area (Å²) in [6, 6.07) is 19.2. The fraction of sp³-hybridized carbons (Fsp3) is 0.509. The third-order valence-corrected chi connectivity index (χ3v) is 15.2. The number of nitrogens with zero attached hydrogens (tertiary/aromatic N) is 4. The Bertz CT molecular complexity index is 2550. The van der Waals surface area contributed by atoms with Gasteiger partial charge >= 0.3 is 12.1 Å². The highest BCUT2D eigenvalue weighted by Gasteiger charge is 2.43. The summed E-state index contributed by atoms with van der Waals surface area (Å²) in [4.78, 5) is 69.3. The number of alkyl carbamates (subject to hydrolysis) is 1. The van der Waals surface area contributed by atoms with Crippen LogP contribution in [0, 0.1) is 23.2 Å². The molecule has 3 aromatic carbocycles. The van der Waals surface area contributed by atoms with E-state index in [-0.39, 0.29) is 48.1 Å². The Labute approximate surface area is 382 Å². The minimum atomic E-state index is -0.684. The molecule has 0 radical (unpaired) electrons. The van der Waals surface area contributed by atoms with Crippen LogP contribution in [0.25, 0.3) is 38.9 Å². The van der Waals surface area contributed by atoms with Gasteiger partial charge in [0, 0.05) is 31.4 Å². The molecule has 0 bridgehead atoms. The molecular weight excluding hydrogens is 817 g/mol. The van der Waals surface area contributed by atoms with Crippen molar-refractivity contribution in [3.63, 3.8) is 0 Å². The Morgan fingerprint density at radius 3 is 2.05 bits per heavy atom. The summed E-state index contributed by atoms with van der Waals surface area (Å²) in [5.74, 6) is -0.149. The number of nitrogens with one attached hydrogen (secondary N) is 2. The second-order valence-corrected chi connectivity index (χ2v) is 19.9. The first-order valence-electron chi connectivity index (χ1n) is 23.9. The molecule has 1 aromatic heterocycles. The predicted molar refractivity (Wildman–Crippen MR) is 253 cm³/mol. The molecule has 3 amide bonds. The number of allylic oxidation sites excluding steroid dienone is 1. The van der Waals surface area contributed by atoms with Crippen LogP contribution in [-0.2, 0) is 36.7 Å². The average Bonchev–Trinajstić information content (AvgIpc) is 4.17. The summed E-state index contributed by atoms with van der Waals surface area (Å²) < 4.78 is 9.76. The summed E-state index contributed by atoms with van der Waals surface area (Å²) in [5.41, 5.74) is 13.3. The van der Waals surface area contributed by atoms with Gasteiger partial charge in [-0.3, -0.25) is 19.4 Å². The first-order chi connectivity index (χ1) is 31.4. The van der Waals surface area contributed by atoms with Crippen molar-refractivity contribution >= 4 is 46.2 Å². The lowest BCUT2D eigenvalue weighted by Gasteiger charge is -2.30. The van der Waals surface area contributed by atoms with Crippen LogP contribution in [0.5, 0.6) is 0 Å². The highest BCUT2D eigenvalue weighted by molar-refractivity contribution is 6.03. The second kappa shape index (κ2) is 18.2. The molecule has 4 aromatic rings. The average molecular weight is 881 g/mol. The normalized spacial score (nSPS) is 21.0. The van der Waals surface area contributed by atoms with E-state index in [9.17, 15) is 19.2 Å². The second-order valence-electron chi connectivity index (χ2n) is 19.9. The molecule has 2 N–H and O–H groups in total. The summed E-state index contributed by atoms with van der Waals surface area (Å²) in [6.07, 6.45) is 12.9. The van der Waals surface area contributed by atoms with Crippen molar-refractivity contribution in [3.05, 3.63) is 83.3 Å². The zero-order valence-corrected chi connectivity index (χ0v) is 38.9. The van der Waals surface area contributed by atoms with E-state index in [1.165, 1.54) is 67.7 Å². The molecule has 12 heteroatoms. The van der Waals surface area contributed by atoms with Gasteiger partial charge in [0.1, 0.15) is 11.9 Å². The summed E-state index contributed by atoms with van der Waals surface area (Å²) >= 11 is 0. The number of likely N-dealkylation sites (tertiary alicyclic amines) is 2. The first kappa shape index (κ1) is 44.4. The first-order valence-corrected chi connectivity index (χ1v) is 23.9. The molecule has 9 rings (SSSR count). The molecule has 4 heterocycles. The molecule has 0 unspecified atom stereocenters. The quantitative estimate of drug-likeness (QED) is 0.135. The molecule has 2 aliphatic carbocycles. The van der Waals surface area contributed by atoms with Crippen LogP contribution in [0.1, 0.15) is 120 Å². The Balaban J connectivity index is 0.938. The van der Waals surface area contributed by atoms with E-state index < -0.39 is 18.1 Å². The molecule has 12 nitrogen and oxygen atoms in total. The van der Waals surface area contributed by atoms with Crippen LogP contribution in [0.3, 0.4) is 0 Å². The fourth-order valence-electron chi connectivity index (χ4n) is 11.6. The molecule has 4 atom stereocenters. The number of esters is 1. The van der Waals surface area contributed by atoms with E-state index >= 15 is 0 Å². The Morgan fingerprint density at radius 1 is 0.769 bits per heavy atom. The van der Waals surface area contributed by atoms with Crippen LogP contribution < -0.4 is 5.32 Å². The van der Waals surface area contributed by atoms with E-state index in [0.717, 1.165) is 77.8 Å². The molecule has 3 fully saturated rings. The maximum atomic E-state index is 13.8. The van der Waals surface area contributed by atoms with Gasteiger partial charge in [-0.1, -0.05) is 83.0 Å². The number of rotatable bonds is 12. The number of carbonyl (C=O) groups is 4. The van der Waals surface area contributed by atoms with Crippen molar-refractivity contribution < 1.29 is 28.7 Å². The SMILES string of the molecule is COC(=O)C[C@H](C(=O)N1CCC[C@H]1C1=NC=C(c2ccc(-c3ccc(-c4ccc5nc([C@@H]6CCCN6C(=O)[C@@H](NC(=O)OC)C(C)C)[nH]c5c4)c4c3CC3(CCCC3)C4)cc2)C1)C(C)C. The molecule has 2 saturated heterocycles. The van der Waals surface area contributed by atoms with Crippen LogP contribution in [0.15, 0.2) is 65.8 Å². The van der Waals surface area contributed by atoms with Crippen molar-refractivity contribution in [2.75, 3.05) is 27.3 Å². The van der Waals surface area contributed by atoms with Crippen LogP contribution >= 0.6 is 0 Å². The van der Waals surface area contributed by atoms with Gasteiger partial charge < -0.3 is 29.6 Å². The zero-order chi connectivity index (χ0) is 45.6. The number of aliphatic imine (C=N–C) groups is 1.